The highest BCUT2D eigenvalue weighted by molar-refractivity contribution is 7.15. The lowest BCUT2D eigenvalue weighted by molar-refractivity contribution is 1.31. The Hall–Kier alpha value is -1.06. The third-order valence-electron chi connectivity index (χ3n) is 1.80. The molecule has 0 aliphatic rings. The van der Waals surface area contributed by atoms with Crippen molar-refractivity contribution in [2.45, 2.75) is 6.92 Å². The van der Waals surface area contributed by atoms with Crippen LogP contribution in [0.15, 0.2) is 30.3 Å². The van der Waals surface area contributed by atoms with Gasteiger partial charge in [-0.25, -0.2) is 4.98 Å². The van der Waals surface area contributed by atoms with Crippen molar-refractivity contribution >= 4 is 29.6 Å². The summed E-state index contributed by atoms with van der Waals surface area (Å²) in [5.41, 5.74) is 6.92. The number of rotatable bonds is 1. The van der Waals surface area contributed by atoms with E-state index >= 15 is 0 Å². The molecule has 0 saturated carbocycles. The summed E-state index contributed by atoms with van der Waals surface area (Å²) < 4.78 is 0. The molecule has 1 aromatic carbocycles. The number of anilines is 1. The molecule has 1 heterocycles. The highest BCUT2D eigenvalue weighted by Crippen LogP contribution is 2.31. The van der Waals surface area contributed by atoms with E-state index in [2.05, 4.69) is 4.98 Å². The molecule has 14 heavy (non-hydrogen) atoms. The number of nitrogen functional groups attached to an aromatic ring is 1. The van der Waals surface area contributed by atoms with Gasteiger partial charge >= 0.3 is 0 Å². The second-order valence-corrected chi connectivity index (χ2v) is 4.02. The first-order chi connectivity index (χ1) is 6.27. The Morgan fingerprint density at radius 2 is 1.86 bits per heavy atom. The molecule has 0 saturated heterocycles. The fourth-order valence-electron chi connectivity index (χ4n) is 1.24. The molecule has 0 bridgehead atoms. The Morgan fingerprint density at radius 3 is 2.36 bits per heavy atom. The van der Waals surface area contributed by atoms with Gasteiger partial charge in [-0.3, -0.25) is 0 Å². The zero-order chi connectivity index (χ0) is 9.26. The normalized spacial score (nSPS) is 9.50. The van der Waals surface area contributed by atoms with Crippen LogP contribution in [0.3, 0.4) is 0 Å². The molecule has 2 N–H and O–H groups in total. The highest BCUT2D eigenvalue weighted by atomic mass is 35.5. The van der Waals surface area contributed by atoms with Crippen LogP contribution in [0.2, 0.25) is 0 Å². The van der Waals surface area contributed by atoms with Crippen molar-refractivity contribution in [3.63, 3.8) is 0 Å². The van der Waals surface area contributed by atoms with Gasteiger partial charge in [-0.1, -0.05) is 30.3 Å². The van der Waals surface area contributed by atoms with Gasteiger partial charge in [0.2, 0.25) is 0 Å². The topological polar surface area (TPSA) is 38.9 Å². The van der Waals surface area contributed by atoms with Crippen LogP contribution >= 0.6 is 23.7 Å². The second-order valence-electron chi connectivity index (χ2n) is 2.81. The molecule has 2 nitrogen and oxygen atoms in total. The van der Waals surface area contributed by atoms with Gasteiger partial charge in [0.25, 0.3) is 0 Å². The molecule has 0 unspecified atom stereocenters. The van der Waals surface area contributed by atoms with Crippen molar-refractivity contribution in [3.8, 4) is 10.4 Å². The molecule has 0 fully saturated rings. The number of hydrogen-bond acceptors (Lipinski definition) is 3. The molecule has 0 amide bonds. The SMILES string of the molecule is Cc1nc(N)c(-c2ccccc2)s1.Cl. The van der Waals surface area contributed by atoms with Crippen LogP contribution in [0.4, 0.5) is 5.82 Å². The zero-order valence-corrected chi connectivity index (χ0v) is 9.36. The highest BCUT2D eigenvalue weighted by Gasteiger charge is 2.06. The molecule has 0 radical (unpaired) electrons. The molecule has 0 spiro atoms. The Labute approximate surface area is 93.2 Å². The first-order valence-corrected chi connectivity index (χ1v) is 4.87. The summed E-state index contributed by atoms with van der Waals surface area (Å²) in [5.74, 6) is 0.633. The van der Waals surface area contributed by atoms with Crippen LogP contribution in [0.25, 0.3) is 10.4 Å². The number of halogens is 1. The maximum Gasteiger partial charge on any atom is 0.142 e. The monoisotopic (exact) mass is 226 g/mol. The molecule has 2 aromatic rings. The molecule has 74 valence electrons. The summed E-state index contributed by atoms with van der Waals surface area (Å²) >= 11 is 1.63. The summed E-state index contributed by atoms with van der Waals surface area (Å²) in [7, 11) is 0. The van der Waals surface area contributed by atoms with Crippen molar-refractivity contribution in [1.29, 1.82) is 0 Å². The van der Waals surface area contributed by atoms with Gasteiger partial charge in [-0.05, 0) is 12.5 Å². The number of aryl methyl sites for hydroxylation is 1. The lowest BCUT2D eigenvalue weighted by Crippen LogP contribution is -1.86. The molecule has 0 aliphatic carbocycles. The Balaban J connectivity index is 0.000000980. The first kappa shape index (κ1) is 11.0. The van der Waals surface area contributed by atoms with E-state index in [1.54, 1.807) is 11.3 Å². The molecule has 2 rings (SSSR count). The lowest BCUT2D eigenvalue weighted by atomic mass is 10.2. The van der Waals surface area contributed by atoms with Crippen LogP contribution < -0.4 is 5.73 Å². The van der Waals surface area contributed by atoms with E-state index in [1.807, 2.05) is 37.3 Å². The number of thiazole rings is 1. The molecular formula is C10H11ClN2S. The minimum atomic E-state index is 0. The van der Waals surface area contributed by atoms with Gasteiger partial charge in [0.05, 0.1) is 9.88 Å². The maximum absolute atomic E-state index is 5.77. The van der Waals surface area contributed by atoms with E-state index in [0.29, 0.717) is 5.82 Å². The Bertz CT molecular complexity index is 411. The molecule has 4 heteroatoms. The van der Waals surface area contributed by atoms with Crippen LogP contribution in [0.5, 0.6) is 0 Å². The fraction of sp³-hybridized carbons (Fsp3) is 0.100. The number of benzene rings is 1. The quantitative estimate of drug-likeness (QED) is 0.812. The summed E-state index contributed by atoms with van der Waals surface area (Å²) in [6.45, 7) is 1.97. The van der Waals surface area contributed by atoms with Crippen molar-refractivity contribution in [3.05, 3.63) is 35.3 Å². The number of nitrogens with two attached hydrogens (primary N) is 1. The number of nitrogens with zero attached hydrogens (tertiary/aromatic N) is 1. The zero-order valence-electron chi connectivity index (χ0n) is 7.73. The van der Waals surface area contributed by atoms with Gasteiger partial charge in [-0.15, -0.1) is 23.7 Å². The minimum Gasteiger partial charge on any atom is -0.382 e. The van der Waals surface area contributed by atoms with Crippen molar-refractivity contribution in [1.82, 2.24) is 4.98 Å². The fourth-order valence-corrected chi connectivity index (χ4v) is 2.08. The average molecular weight is 227 g/mol. The smallest absolute Gasteiger partial charge is 0.142 e. The Kier molecular flexibility index (Phi) is 3.49. The summed E-state index contributed by atoms with van der Waals surface area (Å²) in [5, 5.41) is 1.01. The number of aromatic nitrogens is 1. The number of hydrogen-bond donors (Lipinski definition) is 1. The van der Waals surface area contributed by atoms with Gasteiger partial charge in [0.15, 0.2) is 0 Å². The van der Waals surface area contributed by atoms with Crippen LogP contribution in [-0.4, -0.2) is 4.98 Å². The van der Waals surface area contributed by atoms with Gasteiger partial charge < -0.3 is 5.73 Å². The van der Waals surface area contributed by atoms with E-state index in [9.17, 15) is 0 Å². The van der Waals surface area contributed by atoms with Crippen LogP contribution in [0, 0.1) is 6.92 Å². The predicted molar refractivity (Wildman–Crippen MR) is 63.9 cm³/mol. The minimum absolute atomic E-state index is 0. The summed E-state index contributed by atoms with van der Waals surface area (Å²) in [6.07, 6.45) is 0. The van der Waals surface area contributed by atoms with Crippen LogP contribution in [0.1, 0.15) is 5.01 Å². The van der Waals surface area contributed by atoms with Gasteiger partial charge in [0, 0.05) is 0 Å². The first-order valence-electron chi connectivity index (χ1n) is 4.05. The third kappa shape index (κ3) is 2.05. The van der Waals surface area contributed by atoms with Gasteiger partial charge in [-0.2, -0.15) is 0 Å². The van der Waals surface area contributed by atoms with Crippen LogP contribution in [-0.2, 0) is 0 Å². The summed E-state index contributed by atoms with van der Waals surface area (Å²) in [4.78, 5) is 5.25. The standard InChI is InChI=1S/C10H10N2S.ClH/c1-7-12-10(11)9(13-7)8-5-3-2-4-6-8;/h2-6H,11H2,1H3;1H. The lowest BCUT2D eigenvalue weighted by Gasteiger charge is -1.95. The van der Waals surface area contributed by atoms with E-state index < -0.39 is 0 Å². The van der Waals surface area contributed by atoms with Crippen molar-refractivity contribution in [2.75, 3.05) is 5.73 Å². The van der Waals surface area contributed by atoms with E-state index in [4.69, 9.17) is 5.73 Å². The van der Waals surface area contributed by atoms with Crippen molar-refractivity contribution in [2.24, 2.45) is 0 Å². The average Bonchev–Trinajstić information content (AvgIpc) is 2.47. The molecule has 1 aromatic heterocycles. The third-order valence-corrected chi connectivity index (χ3v) is 2.83. The second kappa shape index (κ2) is 4.44. The van der Waals surface area contributed by atoms with E-state index in [-0.39, 0.29) is 12.4 Å². The molecule has 0 atom stereocenters. The summed E-state index contributed by atoms with van der Waals surface area (Å²) in [6, 6.07) is 10.1. The molecule has 0 aliphatic heterocycles. The van der Waals surface area contributed by atoms with Crippen molar-refractivity contribution < 1.29 is 0 Å². The van der Waals surface area contributed by atoms with Gasteiger partial charge in [0.1, 0.15) is 5.82 Å². The maximum atomic E-state index is 5.77. The predicted octanol–water partition coefficient (Wildman–Crippen LogP) is 3.12. The Morgan fingerprint density at radius 1 is 1.21 bits per heavy atom. The van der Waals surface area contributed by atoms with E-state index in [1.165, 1.54) is 0 Å². The molecular weight excluding hydrogens is 216 g/mol. The largest absolute Gasteiger partial charge is 0.382 e. The van der Waals surface area contributed by atoms with E-state index in [0.717, 1.165) is 15.4 Å².